The number of methoxy groups -OCH3 is 1. The Morgan fingerprint density at radius 2 is 1.88 bits per heavy atom. The van der Waals surface area contributed by atoms with Crippen LogP contribution in [0.1, 0.15) is 0 Å². The highest BCUT2D eigenvalue weighted by Crippen LogP contribution is 2.33. The van der Waals surface area contributed by atoms with Crippen molar-refractivity contribution < 1.29 is 17.9 Å². The summed E-state index contributed by atoms with van der Waals surface area (Å²) in [6.45, 7) is 0. The predicted octanol–water partition coefficient (Wildman–Crippen LogP) is 3.30. The van der Waals surface area contributed by atoms with Crippen LogP contribution in [0.2, 0.25) is 5.02 Å². The number of aromatic nitrogens is 1. The highest BCUT2D eigenvalue weighted by atomic mass is 35.5. The topological polar surface area (TPSA) is 104 Å². The molecule has 9 heteroatoms. The van der Waals surface area contributed by atoms with Crippen molar-refractivity contribution in [1.29, 1.82) is 0 Å². The van der Waals surface area contributed by atoms with Crippen molar-refractivity contribution in [1.82, 2.24) is 4.98 Å². The van der Waals surface area contributed by atoms with E-state index in [4.69, 9.17) is 26.2 Å². The molecule has 0 aliphatic rings. The van der Waals surface area contributed by atoms with Crippen LogP contribution in [0.4, 0.5) is 5.69 Å². The second-order valence-corrected chi connectivity index (χ2v) is 6.78. The number of fused-ring (bicyclic) bond motifs is 1. The molecule has 0 aliphatic heterocycles. The van der Waals surface area contributed by atoms with E-state index in [0.717, 1.165) is 10.9 Å². The first kappa shape index (κ1) is 17.3. The summed E-state index contributed by atoms with van der Waals surface area (Å²) in [7, 11) is -2.32. The Labute approximate surface area is 149 Å². The Balaban J connectivity index is 1.92. The number of rotatable bonds is 5. The molecule has 3 aromatic rings. The zero-order valence-electron chi connectivity index (χ0n) is 13.1. The van der Waals surface area contributed by atoms with Crippen LogP contribution in [-0.2, 0) is 10.2 Å². The Morgan fingerprint density at radius 3 is 2.56 bits per heavy atom. The zero-order chi connectivity index (χ0) is 18.0. The van der Waals surface area contributed by atoms with Crippen LogP contribution in [-0.4, -0.2) is 20.5 Å². The molecule has 0 atom stereocenters. The van der Waals surface area contributed by atoms with Crippen LogP contribution in [0.3, 0.4) is 0 Å². The number of nitrogens with two attached hydrogens (primary N) is 1. The Hall–Kier alpha value is -2.55. The number of ether oxygens (including phenoxy) is 2. The molecule has 3 N–H and O–H groups in total. The second-order valence-electron chi connectivity index (χ2n) is 5.08. The van der Waals surface area contributed by atoms with Gasteiger partial charge in [0.25, 0.3) is 10.2 Å². The average Bonchev–Trinajstić information content (AvgIpc) is 2.56. The molecule has 0 unspecified atom stereocenters. The Kier molecular flexibility index (Phi) is 4.67. The molecule has 0 aliphatic carbocycles. The molecule has 1 heterocycles. The lowest BCUT2D eigenvalue weighted by atomic mass is 10.2. The highest BCUT2D eigenvalue weighted by molar-refractivity contribution is 7.90. The van der Waals surface area contributed by atoms with Gasteiger partial charge in [-0.2, -0.15) is 8.42 Å². The van der Waals surface area contributed by atoms with Gasteiger partial charge in [0.15, 0.2) is 0 Å². The number of nitrogens with zero attached hydrogens (tertiary/aromatic N) is 1. The average molecular weight is 380 g/mol. The van der Waals surface area contributed by atoms with Crippen LogP contribution in [0.25, 0.3) is 10.9 Å². The summed E-state index contributed by atoms with van der Waals surface area (Å²) >= 11 is 6.07. The van der Waals surface area contributed by atoms with E-state index in [1.54, 1.807) is 31.5 Å². The maximum atomic E-state index is 11.1. The molecule has 0 amide bonds. The molecule has 0 saturated carbocycles. The Morgan fingerprint density at radius 1 is 1.12 bits per heavy atom. The molecule has 0 spiro atoms. The monoisotopic (exact) mass is 379 g/mol. The first-order valence-electron chi connectivity index (χ1n) is 7.06. The number of nitrogens with one attached hydrogen (secondary N) is 1. The lowest BCUT2D eigenvalue weighted by Gasteiger charge is -2.11. The van der Waals surface area contributed by atoms with Gasteiger partial charge in [-0.05, 0) is 30.3 Å². The van der Waals surface area contributed by atoms with Crippen LogP contribution in [0.15, 0.2) is 48.7 Å². The van der Waals surface area contributed by atoms with Crippen molar-refractivity contribution in [2.45, 2.75) is 0 Å². The van der Waals surface area contributed by atoms with Gasteiger partial charge >= 0.3 is 0 Å². The summed E-state index contributed by atoms with van der Waals surface area (Å²) in [6.07, 6.45) is 1.62. The minimum absolute atomic E-state index is 0.159. The SMILES string of the molecule is COc1ccc2c(Oc3ccc(NS(N)(=O)=O)c(Cl)c3)ccnc2c1. The normalized spacial score (nSPS) is 11.3. The van der Waals surface area contributed by atoms with E-state index in [1.165, 1.54) is 12.1 Å². The highest BCUT2D eigenvalue weighted by Gasteiger charge is 2.10. The van der Waals surface area contributed by atoms with E-state index in [1.807, 2.05) is 12.1 Å². The Bertz CT molecular complexity index is 1040. The fourth-order valence-corrected chi connectivity index (χ4v) is 3.00. The number of benzene rings is 2. The van der Waals surface area contributed by atoms with Gasteiger partial charge in [0.2, 0.25) is 0 Å². The van der Waals surface area contributed by atoms with E-state index in [9.17, 15) is 8.42 Å². The molecule has 2 aromatic carbocycles. The number of anilines is 1. The first-order valence-corrected chi connectivity index (χ1v) is 8.99. The summed E-state index contributed by atoms with van der Waals surface area (Å²) in [5.74, 6) is 1.71. The lowest BCUT2D eigenvalue weighted by Crippen LogP contribution is -2.21. The third-order valence-corrected chi connectivity index (χ3v) is 4.15. The smallest absolute Gasteiger partial charge is 0.296 e. The molecule has 3 rings (SSSR count). The number of hydrogen-bond acceptors (Lipinski definition) is 5. The fraction of sp³-hybridized carbons (Fsp3) is 0.0625. The van der Waals surface area contributed by atoms with Crippen molar-refractivity contribution in [3.8, 4) is 17.2 Å². The minimum atomic E-state index is -3.90. The van der Waals surface area contributed by atoms with Crippen molar-refractivity contribution in [3.63, 3.8) is 0 Å². The fourth-order valence-electron chi connectivity index (χ4n) is 2.24. The largest absolute Gasteiger partial charge is 0.497 e. The summed E-state index contributed by atoms with van der Waals surface area (Å²) < 4.78 is 35.3. The van der Waals surface area contributed by atoms with Crippen molar-refractivity contribution >= 4 is 38.4 Å². The molecule has 0 saturated heterocycles. The minimum Gasteiger partial charge on any atom is -0.497 e. The van der Waals surface area contributed by atoms with Gasteiger partial charge in [-0.15, -0.1) is 0 Å². The maximum absolute atomic E-state index is 11.1. The molecule has 0 fully saturated rings. The number of halogens is 1. The molecular weight excluding hydrogens is 366 g/mol. The van der Waals surface area contributed by atoms with Crippen LogP contribution in [0.5, 0.6) is 17.2 Å². The van der Waals surface area contributed by atoms with Gasteiger partial charge in [-0.3, -0.25) is 9.71 Å². The van der Waals surface area contributed by atoms with Gasteiger partial charge in [0.1, 0.15) is 17.2 Å². The predicted molar refractivity (Wildman–Crippen MR) is 96.6 cm³/mol. The van der Waals surface area contributed by atoms with Crippen LogP contribution in [0, 0.1) is 0 Å². The van der Waals surface area contributed by atoms with Gasteiger partial charge in [-0.25, -0.2) is 5.14 Å². The van der Waals surface area contributed by atoms with Gasteiger partial charge < -0.3 is 9.47 Å². The van der Waals surface area contributed by atoms with Crippen LogP contribution < -0.4 is 19.3 Å². The van der Waals surface area contributed by atoms with Crippen molar-refractivity contribution in [2.75, 3.05) is 11.8 Å². The van der Waals surface area contributed by atoms with E-state index in [2.05, 4.69) is 9.71 Å². The molecule has 0 bridgehead atoms. The lowest BCUT2D eigenvalue weighted by molar-refractivity contribution is 0.415. The van der Waals surface area contributed by atoms with Gasteiger partial charge in [0.05, 0.1) is 23.3 Å². The first-order chi connectivity index (χ1) is 11.9. The second kappa shape index (κ2) is 6.75. The van der Waals surface area contributed by atoms with Gasteiger partial charge in [-0.1, -0.05) is 11.6 Å². The number of hydrogen-bond donors (Lipinski definition) is 2. The molecule has 1 aromatic heterocycles. The molecular formula is C16H14ClN3O4S. The molecule has 7 nitrogen and oxygen atoms in total. The third-order valence-electron chi connectivity index (χ3n) is 3.33. The summed E-state index contributed by atoms with van der Waals surface area (Å²) in [4.78, 5) is 4.29. The van der Waals surface area contributed by atoms with Gasteiger partial charge in [0, 0.05) is 23.7 Å². The standard InChI is InChI=1S/C16H14ClN3O4S/c1-23-10-2-4-12-15(9-10)19-7-6-16(12)24-11-3-5-14(13(17)8-11)20-25(18,21)22/h2-9,20H,1H3,(H2,18,21,22). The zero-order valence-corrected chi connectivity index (χ0v) is 14.6. The molecule has 130 valence electrons. The number of pyridine rings is 1. The third kappa shape index (κ3) is 4.11. The van der Waals surface area contributed by atoms with E-state index < -0.39 is 10.2 Å². The van der Waals surface area contributed by atoms with E-state index in [0.29, 0.717) is 17.2 Å². The van der Waals surface area contributed by atoms with Crippen molar-refractivity contribution in [3.05, 3.63) is 53.7 Å². The summed E-state index contributed by atoms with van der Waals surface area (Å²) in [5, 5.41) is 5.89. The van der Waals surface area contributed by atoms with Crippen LogP contribution >= 0.6 is 11.6 Å². The molecule has 0 radical (unpaired) electrons. The summed E-state index contributed by atoms with van der Waals surface area (Å²) in [6, 6.07) is 11.7. The van der Waals surface area contributed by atoms with E-state index >= 15 is 0 Å². The van der Waals surface area contributed by atoms with E-state index in [-0.39, 0.29) is 10.7 Å². The maximum Gasteiger partial charge on any atom is 0.296 e. The van der Waals surface area contributed by atoms with Crippen molar-refractivity contribution in [2.24, 2.45) is 5.14 Å². The summed E-state index contributed by atoms with van der Waals surface area (Å²) in [5.41, 5.74) is 0.885. The quantitative estimate of drug-likeness (QED) is 0.707. The molecule has 25 heavy (non-hydrogen) atoms.